The number of anilines is 1. The van der Waals surface area contributed by atoms with E-state index in [9.17, 15) is 14.4 Å². The Morgan fingerprint density at radius 1 is 1.14 bits per heavy atom. The number of carbonyl (C=O) groups excluding carboxylic acids is 2. The van der Waals surface area contributed by atoms with Gasteiger partial charge < -0.3 is 15.2 Å². The number of nitrogens with zero attached hydrogens (tertiary/aromatic N) is 2. The van der Waals surface area contributed by atoms with Gasteiger partial charge in [-0.2, -0.15) is 0 Å². The SMILES string of the molecule is CCCNC(=O)Cn1cc(C(=O)Nc2ccc(Cl)cc2)c(=O)c2ccc(C)nc21. The molecular formula is C21H21ClN4O3. The van der Waals surface area contributed by atoms with Crippen LogP contribution in [-0.4, -0.2) is 27.9 Å². The molecule has 0 aliphatic rings. The summed E-state index contributed by atoms with van der Waals surface area (Å²) in [5.74, 6) is -0.785. The molecule has 0 aliphatic heterocycles. The molecule has 0 fully saturated rings. The van der Waals surface area contributed by atoms with Crippen LogP contribution in [0, 0.1) is 6.92 Å². The number of amides is 2. The maximum absolute atomic E-state index is 12.9. The Bertz CT molecular complexity index is 1120. The lowest BCUT2D eigenvalue weighted by molar-refractivity contribution is -0.121. The number of carbonyl (C=O) groups is 2. The topological polar surface area (TPSA) is 93.1 Å². The summed E-state index contributed by atoms with van der Waals surface area (Å²) in [6, 6.07) is 9.89. The van der Waals surface area contributed by atoms with E-state index in [-0.39, 0.29) is 23.4 Å². The van der Waals surface area contributed by atoms with Crippen molar-refractivity contribution in [1.29, 1.82) is 0 Å². The van der Waals surface area contributed by atoms with Crippen LogP contribution in [0.1, 0.15) is 29.4 Å². The molecule has 29 heavy (non-hydrogen) atoms. The highest BCUT2D eigenvalue weighted by molar-refractivity contribution is 6.30. The Morgan fingerprint density at radius 2 is 1.86 bits per heavy atom. The van der Waals surface area contributed by atoms with Gasteiger partial charge in [0, 0.05) is 29.1 Å². The van der Waals surface area contributed by atoms with E-state index in [0.717, 1.165) is 6.42 Å². The number of pyridine rings is 2. The van der Waals surface area contributed by atoms with E-state index in [0.29, 0.717) is 28.6 Å². The van der Waals surface area contributed by atoms with Gasteiger partial charge in [-0.15, -0.1) is 0 Å². The zero-order chi connectivity index (χ0) is 21.0. The third kappa shape index (κ3) is 4.81. The molecule has 0 saturated carbocycles. The smallest absolute Gasteiger partial charge is 0.261 e. The van der Waals surface area contributed by atoms with Crippen molar-refractivity contribution in [3.8, 4) is 0 Å². The van der Waals surface area contributed by atoms with Crippen molar-refractivity contribution in [2.45, 2.75) is 26.8 Å². The number of benzene rings is 1. The van der Waals surface area contributed by atoms with Crippen molar-refractivity contribution in [3.05, 3.63) is 69.1 Å². The van der Waals surface area contributed by atoms with Crippen LogP contribution in [0.3, 0.4) is 0 Å². The standard InChI is InChI=1S/C21H21ClN4O3/c1-3-10-23-18(27)12-26-11-17(19(28)16-9-4-13(2)24-20(16)26)21(29)25-15-7-5-14(22)6-8-15/h4-9,11H,3,10,12H2,1-2H3,(H,23,27)(H,25,29). The number of hydrogen-bond acceptors (Lipinski definition) is 4. The quantitative estimate of drug-likeness (QED) is 0.650. The van der Waals surface area contributed by atoms with E-state index < -0.39 is 11.3 Å². The van der Waals surface area contributed by atoms with E-state index >= 15 is 0 Å². The second kappa shape index (κ2) is 8.87. The number of halogens is 1. The van der Waals surface area contributed by atoms with Gasteiger partial charge in [-0.05, 0) is 49.7 Å². The van der Waals surface area contributed by atoms with Crippen molar-refractivity contribution in [3.63, 3.8) is 0 Å². The van der Waals surface area contributed by atoms with E-state index in [1.165, 1.54) is 10.8 Å². The van der Waals surface area contributed by atoms with E-state index in [1.807, 2.05) is 6.92 Å². The van der Waals surface area contributed by atoms with Gasteiger partial charge in [0.05, 0.1) is 5.39 Å². The zero-order valence-corrected chi connectivity index (χ0v) is 16.9. The zero-order valence-electron chi connectivity index (χ0n) is 16.2. The largest absolute Gasteiger partial charge is 0.355 e. The van der Waals surface area contributed by atoms with Crippen molar-refractivity contribution < 1.29 is 9.59 Å². The normalized spacial score (nSPS) is 10.7. The first-order valence-electron chi connectivity index (χ1n) is 9.23. The first kappa shape index (κ1) is 20.5. The molecule has 0 atom stereocenters. The van der Waals surface area contributed by atoms with Crippen molar-refractivity contribution >= 4 is 40.1 Å². The number of aromatic nitrogens is 2. The first-order chi connectivity index (χ1) is 13.9. The monoisotopic (exact) mass is 412 g/mol. The van der Waals surface area contributed by atoms with Crippen LogP contribution in [0.5, 0.6) is 0 Å². The average Bonchev–Trinajstić information content (AvgIpc) is 2.70. The van der Waals surface area contributed by atoms with Crippen LogP contribution < -0.4 is 16.1 Å². The maximum Gasteiger partial charge on any atom is 0.261 e. The number of hydrogen-bond donors (Lipinski definition) is 2. The lowest BCUT2D eigenvalue weighted by Gasteiger charge is -2.13. The first-order valence-corrected chi connectivity index (χ1v) is 9.61. The van der Waals surface area contributed by atoms with E-state index in [1.54, 1.807) is 43.3 Å². The van der Waals surface area contributed by atoms with E-state index in [2.05, 4.69) is 15.6 Å². The number of aryl methyl sites for hydroxylation is 1. The average molecular weight is 413 g/mol. The lowest BCUT2D eigenvalue weighted by atomic mass is 10.1. The molecule has 7 nitrogen and oxygen atoms in total. The fourth-order valence-corrected chi connectivity index (χ4v) is 2.97. The molecule has 0 bridgehead atoms. The Balaban J connectivity index is 2.02. The number of nitrogens with one attached hydrogen (secondary N) is 2. The van der Waals surface area contributed by atoms with Crippen LogP contribution in [0.4, 0.5) is 5.69 Å². The van der Waals surface area contributed by atoms with Gasteiger partial charge in [0.2, 0.25) is 11.3 Å². The minimum atomic E-state index is -0.567. The highest BCUT2D eigenvalue weighted by Crippen LogP contribution is 2.15. The van der Waals surface area contributed by atoms with Crippen LogP contribution in [-0.2, 0) is 11.3 Å². The Hall–Kier alpha value is -3.19. The molecule has 8 heteroatoms. The Morgan fingerprint density at radius 3 is 2.55 bits per heavy atom. The van der Waals surface area contributed by atoms with E-state index in [4.69, 9.17) is 11.6 Å². The summed E-state index contributed by atoms with van der Waals surface area (Å²) >= 11 is 5.86. The highest BCUT2D eigenvalue weighted by Gasteiger charge is 2.18. The molecule has 2 N–H and O–H groups in total. The summed E-state index contributed by atoms with van der Waals surface area (Å²) in [4.78, 5) is 42.3. The molecule has 150 valence electrons. The lowest BCUT2D eigenvalue weighted by Crippen LogP contribution is -2.30. The Kier molecular flexibility index (Phi) is 6.29. The van der Waals surface area contributed by atoms with Crippen LogP contribution in [0.2, 0.25) is 5.02 Å². The molecule has 1 aromatic carbocycles. The van der Waals surface area contributed by atoms with Crippen molar-refractivity contribution in [2.24, 2.45) is 0 Å². The summed E-state index contributed by atoms with van der Waals surface area (Å²) in [6.45, 7) is 4.26. The van der Waals surface area contributed by atoms with Gasteiger partial charge in [0.25, 0.3) is 5.91 Å². The number of fused-ring (bicyclic) bond motifs is 1. The number of rotatable bonds is 6. The third-order valence-electron chi connectivity index (χ3n) is 4.29. The predicted octanol–water partition coefficient (Wildman–Crippen LogP) is 3.14. The van der Waals surface area contributed by atoms with Gasteiger partial charge in [0.15, 0.2) is 0 Å². The summed E-state index contributed by atoms with van der Waals surface area (Å²) in [7, 11) is 0. The molecule has 3 aromatic rings. The van der Waals surface area contributed by atoms with Crippen molar-refractivity contribution in [2.75, 3.05) is 11.9 Å². The highest BCUT2D eigenvalue weighted by atomic mass is 35.5. The second-order valence-corrected chi connectivity index (χ2v) is 7.07. The van der Waals surface area contributed by atoms with Crippen molar-refractivity contribution in [1.82, 2.24) is 14.9 Å². The molecule has 2 aromatic heterocycles. The van der Waals surface area contributed by atoms with Gasteiger partial charge in [-0.1, -0.05) is 18.5 Å². The van der Waals surface area contributed by atoms with Crippen LogP contribution in [0.15, 0.2) is 47.4 Å². The summed E-state index contributed by atoms with van der Waals surface area (Å²) in [5.41, 5.74) is 1.07. The van der Waals surface area contributed by atoms with Crippen LogP contribution >= 0.6 is 11.6 Å². The minimum Gasteiger partial charge on any atom is -0.355 e. The fourth-order valence-electron chi connectivity index (χ4n) is 2.85. The summed E-state index contributed by atoms with van der Waals surface area (Å²) in [6.07, 6.45) is 2.19. The fraction of sp³-hybridized carbons (Fsp3) is 0.238. The molecule has 0 radical (unpaired) electrons. The molecule has 0 spiro atoms. The third-order valence-corrected chi connectivity index (χ3v) is 4.55. The molecular weight excluding hydrogens is 392 g/mol. The van der Waals surface area contributed by atoms with Gasteiger partial charge in [0.1, 0.15) is 17.8 Å². The second-order valence-electron chi connectivity index (χ2n) is 6.63. The molecule has 0 saturated heterocycles. The van der Waals surface area contributed by atoms with Gasteiger partial charge >= 0.3 is 0 Å². The molecule has 2 heterocycles. The maximum atomic E-state index is 12.9. The molecule has 3 rings (SSSR count). The predicted molar refractivity (Wildman–Crippen MR) is 113 cm³/mol. The van der Waals surface area contributed by atoms with Crippen LogP contribution in [0.25, 0.3) is 11.0 Å². The van der Waals surface area contributed by atoms with Gasteiger partial charge in [-0.3, -0.25) is 14.4 Å². The molecule has 2 amide bonds. The minimum absolute atomic E-state index is 0.0472. The Labute approximate surface area is 172 Å². The molecule has 0 unspecified atom stereocenters. The van der Waals surface area contributed by atoms with Gasteiger partial charge in [-0.25, -0.2) is 4.98 Å². The summed E-state index contributed by atoms with van der Waals surface area (Å²) in [5, 5.41) is 6.29. The molecule has 0 aliphatic carbocycles. The summed E-state index contributed by atoms with van der Waals surface area (Å²) < 4.78 is 1.53.